The third-order valence-electron chi connectivity index (χ3n) is 5.98. The molecule has 0 N–H and O–H groups in total. The lowest BCUT2D eigenvalue weighted by Gasteiger charge is -2.18. The molecule has 0 unspecified atom stereocenters. The smallest absolute Gasteiger partial charge is 0.338 e. The zero-order valence-electron chi connectivity index (χ0n) is 20.7. The van der Waals surface area contributed by atoms with Crippen LogP contribution in [0.2, 0.25) is 0 Å². The lowest BCUT2D eigenvalue weighted by molar-refractivity contribution is 0.0443. The Balaban J connectivity index is 1.31. The van der Waals surface area contributed by atoms with Crippen LogP contribution in [0.15, 0.2) is 109 Å². The first kappa shape index (κ1) is 24.8. The largest absolute Gasteiger partial charge is 0.489 e. The molecule has 0 aliphatic rings. The molecule has 0 radical (unpaired) electrons. The summed E-state index contributed by atoms with van der Waals surface area (Å²) in [5.41, 5.74) is 0.999. The average molecular weight is 507 g/mol. The molecule has 0 aliphatic carbocycles. The first-order valence-corrected chi connectivity index (χ1v) is 12.4. The average Bonchev–Trinajstić information content (AvgIpc) is 2.98. The zero-order valence-corrected chi connectivity index (χ0v) is 20.7. The lowest BCUT2D eigenvalue weighted by Crippen LogP contribution is -2.13. The molecule has 0 spiro atoms. The Morgan fingerprint density at radius 3 is 1.08 bits per heavy atom. The van der Waals surface area contributed by atoms with Crippen molar-refractivity contribution in [2.75, 3.05) is 26.4 Å². The van der Waals surface area contributed by atoms with Crippen LogP contribution in [0.25, 0.3) is 21.5 Å². The minimum atomic E-state index is -0.388. The van der Waals surface area contributed by atoms with Gasteiger partial charge >= 0.3 is 11.9 Å². The van der Waals surface area contributed by atoms with Crippen molar-refractivity contribution in [3.05, 3.63) is 120 Å². The van der Waals surface area contributed by atoms with Crippen LogP contribution in [0.5, 0.6) is 11.5 Å². The maximum absolute atomic E-state index is 12.2. The van der Waals surface area contributed by atoms with Gasteiger partial charge in [-0.05, 0) is 24.3 Å². The Morgan fingerprint density at radius 2 is 0.737 bits per heavy atom. The number of carbonyl (C=O) groups is 2. The monoisotopic (exact) mass is 506 g/mol. The lowest BCUT2D eigenvalue weighted by atomic mass is 10.0. The number of hydrogen-bond acceptors (Lipinski definition) is 6. The molecular formula is C32H26O6. The maximum Gasteiger partial charge on any atom is 0.338 e. The quantitative estimate of drug-likeness (QED) is 0.123. The normalized spacial score (nSPS) is 10.7. The van der Waals surface area contributed by atoms with E-state index in [9.17, 15) is 9.59 Å². The molecule has 5 rings (SSSR count). The van der Waals surface area contributed by atoms with Gasteiger partial charge in [-0.1, -0.05) is 84.9 Å². The first-order valence-electron chi connectivity index (χ1n) is 12.4. The molecule has 5 aromatic rings. The molecule has 0 saturated heterocycles. The second-order valence-electron chi connectivity index (χ2n) is 8.45. The summed E-state index contributed by atoms with van der Waals surface area (Å²) in [7, 11) is 0. The minimum Gasteiger partial charge on any atom is -0.489 e. The van der Waals surface area contributed by atoms with E-state index in [1.807, 2.05) is 60.7 Å². The fourth-order valence-electron chi connectivity index (χ4n) is 4.23. The van der Waals surface area contributed by atoms with Crippen LogP contribution in [0.3, 0.4) is 0 Å². The number of fused-ring (bicyclic) bond motifs is 2. The Hall–Kier alpha value is -4.84. The van der Waals surface area contributed by atoms with Gasteiger partial charge in [-0.3, -0.25) is 0 Å². The highest BCUT2D eigenvalue weighted by molar-refractivity contribution is 6.11. The van der Waals surface area contributed by atoms with Gasteiger partial charge in [-0.15, -0.1) is 0 Å². The van der Waals surface area contributed by atoms with Crippen molar-refractivity contribution in [2.45, 2.75) is 0 Å². The van der Waals surface area contributed by atoms with E-state index >= 15 is 0 Å². The van der Waals surface area contributed by atoms with Crippen LogP contribution >= 0.6 is 0 Å². The number of hydrogen-bond donors (Lipinski definition) is 0. The van der Waals surface area contributed by atoms with Gasteiger partial charge in [0.1, 0.15) is 37.9 Å². The molecule has 5 aromatic carbocycles. The molecule has 6 nitrogen and oxygen atoms in total. The molecule has 0 aromatic heterocycles. The highest BCUT2D eigenvalue weighted by Crippen LogP contribution is 2.42. The Morgan fingerprint density at radius 1 is 0.421 bits per heavy atom. The molecule has 190 valence electrons. The number of benzene rings is 5. The number of carbonyl (C=O) groups excluding carboxylic acids is 2. The van der Waals surface area contributed by atoms with Gasteiger partial charge in [0.2, 0.25) is 0 Å². The Bertz CT molecular complexity index is 1370. The van der Waals surface area contributed by atoms with Gasteiger partial charge in [0.15, 0.2) is 0 Å². The predicted molar refractivity (Wildman–Crippen MR) is 146 cm³/mol. The summed E-state index contributed by atoms with van der Waals surface area (Å²) < 4.78 is 23.1. The van der Waals surface area contributed by atoms with Crippen molar-refractivity contribution in [1.82, 2.24) is 0 Å². The van der Waals surface area contributed by atoms with Gasteiger partial charge in [0.25, 0.3) is 0 Å². The van der Waals surface area contributed by atoms with Crippen molar-refractivity contribution in [2.24, 2.45) is 0 Å². The first-order chi connectivity index (χ1) is 18.7. The third-order valence-corrected chi connectivity index (χ3v) is 5.98. The van der Waals surface area contributed by atoms with Crippen molar-refractivity contribution >= 4 is 33.5 Å². The molecular weight excluding hydrogens is 480 g/mol. The van der Waals surface area contributed by atoms with Crippen molar-refractivity contribution in [3.63, 3.8) is 0 Å². The maximum atomic E-state index is 12.2. The van der Waals surface area contributed by atoms with Crippen LogP contribution in [0, 0.1) is 0 Å². The topological polar surface area (TPSA) is 71.1 Å². The number of esters is 2. The summed E-state index contributed by atoms with van der Waals surface area (Å²) >= 11 is 0. The molecule has 38 heavy (non-hydrogen) atoms. The number of ether oxygens (including phenoxy) is 4. The SMILES string of the molecule is O=C(OCCOc1c2ccccc2c(OCCOC(=O)c2ccccc2)c2ccccc12)c1ccccc1. The van der Waals surface area contributed by atoms with Crippen LogP contribution in [0.1, 0.15) is 20.7 Å². The van der Waals surface area contributed by atoms with E-state index in [0.29, 0.717) is 22.6 Å². The summed E-state index contributed by atoms with van der Waals surface area (Å²) in [6.07, 6.45) is 0. The zero-order chi connectivity index (χ0) is 26.2. The fraction of sp³-hybridized carbons (Fsp3) is 0.125. The second-order valence-corrected chi connectivity index (χ2v) is 8.45. The van der Waals surface area contributed by atoms with Crippen molar-refractivity contribution in [3.8, 4) is 11.5 Å². The highest BCUT2D eigenvalue weighted by Gasteiger charge is 2.16. The van der Waals surface area contributed by atoms with Crippen LogP contribution in [-0.2, 0) is 9.47 Å². The van der Waals surface area contributed by atoms with Crippen LogP contribution in [-0.4, -0.2) is 38.4 Å². The van der Waals surface area contributed by atoms with Gasteiger partial charge in [-0.25, -0.2) is 9.59 Å². The van der Waals surface area contributed by atoms with E-state index in [1.165, 1.54) is 0 Å². The van der Waals surface area contributed by atoms with E-state index in [2.05, 4.69) is 0 Å². The van der Waals surface area contributed by atoms with Crippen LogP contribution in [0.4, 0.5) is 0 Å². The van der Waals surface area contributed by atoms with Gasteiger partial charge in [0, 0.05) is 21.5 Å². The summed E-state index contributed by atoms with van der Waals surface area (Å²) in [4.78, 5) is 24.5. The Labute approximate surface area is 220 Å². The molecule has 0 heterocycles. The van der Waals surface area contributed by atoms with Gasteiger partial charge in [0.05, 0.1) is 11.1 Å². The molecule has 0 atom stereocenters. The third kappa shape index (κ3) is 5.60. The minimum absolute atomic E-state index is 0.113. The predicted octanol–water partition coefficient (Wildman–Crippen LogP) is 6.46. The fourth-order valence-corrected chi connectivity index (χ4v) is 4.23. The van der Waals surface area contributed by atoms with E-state index in [0.717, 1.165) is 21.5 Å². The standard InChI is InChI=1S/C32H26O6/c33-31(23-11-3-1-4-12-23)37-21-19-35-29-25-15-7-9-17-27(25)30(28-18-10-8-16-26(28)29)36-20-22-38-32(34)24-13-5-2-6-14-24/h1-18H,19-22H2. The van der Waals surface area contributed by atoms with E-state index in [4.69, 9.17) is 18.9 Å². The summed E-state index contributed by atoms with van der Waals surface area (Å²) in [6, 6.07) is 33.3. The van der Waals surface area contributed by atoms with E-state index in [1.54, 1.807) is 48.5 Å². The Kier molecular flexibility index (Phi) is 7.80. The second kappa shape index (κ2) is 11.9. The van der Waals surface area contributed by atoms with Crippen molar-refractivity contribution in [1.29, 1.82) is 0 Å². The van der Waals surface area contributed by atoms with Crippen LogP contribution < -0.4 is 9.47 Å². The summed E-state index contributed by atoms with van der Waals surface area (Å²) in [5, 5.41) is 3.49. The highest BCUT2D eigenvalue weighted by atomic mass is 16.6. The number of rotatable bonds is 10. The van der Waals surface area contributed by atoms with Gasteiger partial charge < -0.3 is 18.9 Å². The van der Waals surface area contributed by atoms with Gasteiger partial charge in [-0.2, -0.15) is 0 Å². The summed E-state index contributed by atoms with van der Waals surface area (Å²) in [5.74, 6) is 0.603. The molecule has 6 heteroatoms. The molecule has 0 amide bonds. The van der Waals surface area contributed by atoms with Crippen molar-refractivity contribution < 1.29 is 28.5 Å². The molecule has 0 saturated carbocycles. The van der Waals surface area contributed by atoms with E-state index < -0.39 is 0 Å². The van der Waals surface area contributed by atoms with E-state index in [-0.39, 0.29) is 38.4 Å². The summed E-state index contributed by atoms with van der Waals surface area (Å²) in [6.45, 7) is 0.618. The molecule has 0 fully saturated rings. The molecule has 0 bridgehead atoms. The molecule has 0 aliphatic heterocycles.